The molecule has 3 saturated carbocycles. The Balaban J connectivity index is 1.17. The zero-order valence-electron chi connectivity index (χ0n) is 26.2. The minimum absolute atomic E-state index is 0.0437. The minimum atomic E-state index is -0.397. The van der Waals surface area contributed by atoms with Gasteiger partial charge in [-0.2, -0.15) is 0 Å². The number of nitrogens with zero attached hydrogens (tertiary/aromatic N) is 2. The SMILES string of the molecule is COC(=O)NC1CCC(C(=O)N(CC2CCC(c3ccc(OC)c(C)c3)CC2)c2cccc(-c3cnc(C4CC4)s3)c2)CC1. The van der Waals surface area contributed by atoms with Crippen LogP contribution in [0, 0.1) is 18.8 Å². The molecule has 3 fully saturated rings. The van der Waals surface area contributed by atoms with Gasteiger partial charge in [-0.05, 0) is 118 Å². The van der Waals surface area contributed by atoms with Gasteiger partial charge in [0.2, 0.25) is 5.91 Å². The number of aryl methyl sites for hydroxylation is 1. The largest absolute Gasteiger partial charge is 0.496 e. The van der Waals surface area contributed by atoms with E-state index in [1.165, 1.54) is 41.0 Å². The number of nitrogens with one attached hydrogen (secondary N) is 1. The number of carbonyl (C=O) groups excluding carboxylic acids is 2. The quantitative estimate of drug-likeness (QED) is 0.262. The van der Waals surface area contributed by atoms with Crippen molar-refractivity contribution in [2.24, 2.45) is 11.8 Å². The summed E-state index contributed by atoms with van der Waals surface area (Å²) in [6.07, 6.45) is 11.7. The summed E-state index contributed by atoms with van der Waals surface area (Å²) in [6.45, 7) is 2.86. The van der Waals surface area contributed by atoms with Crippen molar-refractivity contribution in [2.45, 2.75) is 89.0 Å². The third-order valence-electron chi connectivity index (χ3n) is 9.92. The van der Waals surface area contributed by atoms with Crippen LogP contribution in [0.15, 0.2) is 48.7 Å². The average molecular weight is 616 g/mol. The highest BCUT2D eigenvalue weighted by molar-refractivity contribution is 7.15. The molecule has 0 unspecified atom stereocenters. The summed E-state index contributed by atoms with van der Waals surface area (Å²) in [5.74, 6) is 2.76. The maximum absolute atomic E-state index is 14.3. The number of aromatic nitrogens is 1. The predicted molar refractivity (Wildman–Crippen MR) is 176 cm³/mol. The number of anilines is 1. The maximum Gasteiger partial charge on any atom is 0.407 e. The Morgan fingerprint density at radius 1 is 0.932 bits per heavy atom. The van der Waals surface area contributed by atoms with E-state index >= 15 is 0 Å². The van der Waals surface area contributed by atoms with Crippen LogP contribution >= 0.6 is 11.3 Å². The number of benzene rings is 2. The van der Waals surface area contributed by atoms with Crippen molar-refractivity contribution in [2.75, 3.05) is 25.7 Å². The van der Waals surface area contributed by atoms with E-state index in [0.29, 0.717) is 17.8 Å². The maximum atomic E-state index is 14.3. The number of ether oxygens (including phenoxy) is 2. The summed E-state index contributed by atoms with van der Waals surface area (Å²) in [4.78, 5) is 34.0. The van der Waals surface area contributed by atoms with Gasteiger partial charge in [0.05, 0.1) is 24.1 Å². The summed E-state index contributed by atoms with van der Waals surface area (Å²) in [7, 11) is 3.12. The van der Waals surface area contributed by atoms with Crippen LogP contribution in [0.25, 0.3) is 10.4 Å². The third-order valence-corrected chi connectivity index (χ3v) is 11.1. The van der Waals surface area contributed by atoms with Crippen molar-refractivity contribution in [1.82, 2.24) is 10.3 Å². The average Bonchev–Trinajstić information content (AvgIpc) is 3.79. The van der Waals surface area contributed by atoms with Crippen molar-refractivity contribution in [1.29, 1.82) is 0 Å². The fourth-order valence-electron chi connectivity index (χ4n) is 7.11. The standard InChI is InChI=1S/C36H45N3O4S/c1-23-19-28(15-18-32(23)42-2)25-9-7-24(8-10-25)22-39(35(40)27-13-16-30(17-14-27)38-36(41)43-3)31-6-4-5-29(20-31)33-21-37-34(44-33)26-11-12-26/h4-6,15,18-21,24-27,30H,7-14,16-17,22H2,1-3H3,(H,38,41). The molecule has 44 heavy (non-hydrogen) atoms. The van der Waals surface area contributed by atoms with Crippen LogP contribution in [0.1, 0.15) is 92.2 Å². The van der Waals surface area contributed by atoms with Crippen molar-refractivity contribution in [3.63, 3.8) is 0 Å². The second-order valence-corrected chi connectivity index (χ2v) is 14.0. The lowest BCUT2D eigenvalue weighted by molar-refractivity contribution is -0.123. The van der Waals surface area contributed by atoms with Crippen molar-refractivity contribution >= 4 is 29.0 Å². The van der Waals surface area contributed by atoms with Crippen LogP contribution in [-0.2, 0) is 9.53 Å². The first-order valence-corrected chi connectivity index (χ1v) is 17.1. The molecule has 6 rings (SSSR count). The van der Waals surface area contributed by atoms with Crippen LogP contribution in [0.4, 0.5) is 10.5 Å². The lowest BCUT2D eigenvalue weighted by Crippen LogP contribution is -2.44. The van der Waals surface area contributed by atoms with Crippen LogP contribution in [-0.4, -0.2) is 43.8 Å². The first kappa shape index (κ1) is 30.6. The van der Waals surface area contributed by atoms with Gasteiger partial charge >= 0.3 is 6.09 Å². The first-order valence-electron chi connectivity index (χ1n) is 16.3. The fraction of sp³-hybridized carbons (Fsp3) is 0.528. The number of hydrogen-bond donors (Lipinski definition) is 1. The van der Waals surface area contributed by atoms with Gasteiger partial charge < -0.3 is 19.7 Å². The van der Waals surface area contributed by atoms with Gasteiger partial charge in [0.1, 0.15) is 5.75 Å². The molecule has 0 saturated heterocycles. The Labute approximate surface area is 265 Å². The normalized spacial score (nSPS) is 23.5. The zero-order valence-corrected chi connectivity index (χ0v) is 27.0. The summed E-state index contributed by atoms with van der Waals surface area (Å²) in [6, 6.07) is 15.2. The molecule has 234 valence electrons. The number of carbonyl (C=O) groups is 2. The Morgan fingerprint density at radius 2 is 1.68 bits per heavy atom. The number of hydrogen-bond acceptors (Lipinski definition) is 6. The Bertz CT molecular complexity index is 1450. The number of thiazole rings is 1. The molecule has 1 aromatic heterocycles. The lowest BCUT2D eigenvalue weighted by Gasteiger charge is -2.36. The second-order valence-electron chi connectivity index (χ2n) is 13.0. The van der Waals surface area contributed by atoms with E-state index in [4.69, 9.17) is 14.5 Å². The minimum Gasteiger partial charge on any atom is -0.496 e. The number of methoxy groups -OCH3 is 2. The molecule has 1 heterocycles. The summed E-state index contributed by atoms with van der Waals surface area (Å²) in [5.41, 5.74) is 4.70. The molecule has 0 aliphatic heterocycles. The van der Waals surface area contributed by atoms with Crippen LogP contribution in [0.5, 0.6) is 5.75 Å². The van der Waals surface area contributed by atoms with Gasteiger partial charge in [0.15, 0.2) is 0 Å². The van der Waals surface area contributed by atoms with Crippen LogP contribution in [0.2, 0.25) is 0 Å². The van der Waals surface area contributed by atoms with Crippen molar-refractivity contribution in [3.8, 4) is 16.2 Å². The van der Waals surface area contributed by atoms with E-state index in [-0.39, 0.29) is 17.9 Å². The molecule has 2 amide bonds. The molecular formula is C36H45N3O4S. The van der Waals surface area contributed by atoms with E-state index in [9.17, 15) is 9.59 Å². The molecule has 1 N–H and O–H groups in total. The predicted octanol–water partition coefficient (Wildman–Crippen LogP) is 8.23. The van der Waals surface area contributed by atoms with E-state index < -0.39 is 6.09 Å². The molecular weight excluding hydrogens is 570 g/mol. The summed E-state index contributed by atoms with van der Waals surface area (Å²) >= 11 is 1.79. The van der Waals surface area contributed by atoms with E-state index in [2.05, 4.69) is 59.6 Å². The molecule has 0 spiro atoms. The molecule has 3 aromatic rings. The van der Waals surface area contributed by atoms with Gasteiger partial charge in [-0.1, -0.05) is 24.3 Å². The van der Waals surface area contributed by atoms with Crippen LogP contribution < -0.4 is 15.0 Å². The van der Waals surface area contributed by atoms with Gasteiger partial charge in [-0.3, -0.25) is 4.79 Å². The van der Waals surface area contributed by atoms with Crippen molar-refractivity contribution in [3.05, 3.63) is 64.8 Å². The molecule has 0 bridgehead atoms. The van der Waals surface area contributed by atoms with Crippen LogP contribution in [0.3, 0.4) is 0 Å². The van der Waals surface area contributed by atoms with Gasteiger partial charge in [-0.25, -0.2) is 9.78 Å². The first-order chi connectivity index (χ1) is 21.4. The monoisotopic (exact) mass is 615 g/mol. The van der Waals surface area contributed by atoms with Crippen molar-refractivity contribution < 1.29 is 19.1 Å². The smallest absolute Gasteiger partial charge is 0.407 e. The highest BCUT2D eigenvalue weighted by Crippen LogP contribution is 2.44. The molecule has 0 radical (unpaired) electrons. The molecule has 7 nitrogen and oxygen atoms in total. The molecule has 0 atom stereocenters. The lowest BCUT2D eigenvalue weighted by atomic mass is 9.78. The number of amides is 2. The Kier molecular flexibility index (Phi) is 9.55. The summed E-state index contributed by atoms with van der Waals surface area (Å²) in [5, 5.41) is 4.16. The topological polar surface area (TPSA) is 80.8 Å². The molecule has 3 aliphatic carbocycles. The summed E-state index contributed by atoms with van der Waals surface area (Å²) < 4.78 is 10.3. The molecule has 3 aliphatic rings. The Morgan fingerprint density at radius 3 is 2.36 bits per heavy atom. The highest BCUT2D eigenvalue weighted by atomic mass is 32.1. The van der Waals surface area contributed by atoms with E-state index in [1.54, 1.807) is 18.4 Å². The molecule has 2 aromatic carbocycles. The van der Waals surface area contributed by atoms with Gasteiger partial charge in [0.25, 0.3) is 0 Å². The third kappa shape index (κ3) is 7.12. The number of alkyl carbamates (subject to hydrolysis) is 1. The van der Waals surface area contributed by atoms with E-state index in [1.807, 2.05) is 6.20 Å². The highest BCUT2D eigenvalue weighted by Gasteiger charge is 2.33. The number of rotatable bonds is 9. The van der Waals surface area contributed by atoms with Gasteiger partial charge in [-0.15, -0.1) is 11.3 Å². The van der Waals surface area contributed by atoms with E-state index in [0.717, 1.165) is 74.9 Å². The fourth-order valence-corrected chi connectivity index (χ4v) is 8.20. The molecule has 8 heteroatoms. The zero-order chi connectivity index (χ0) is 30.6. The van der Waals surface area contributed by atoms with Gasteiger partial charge in [0, 0.05) is 36.3 Å². The second kappa shape index (κ2) is 13.7. The Hall–Kier alpha value is -3.39.